The molecule has 1 atom stereocenters. The van der Waals surface area contributed by atoms with E-state index in [9.17, 15) is 23.2 Å². The Hall–Kier alpha value is -3.59. The van der Waals surface area contributed by atoms with Crippen LogP contribution in [0.3, 0.4) is 0 Å². The fraction of sp³-hybridized carbons (Fsp3) is 0.368. The van der Waals surface area contributed by atoms with E-state index < -0.39 is 23.7 Å². The monoisotopic (exact) mass is 437 g/mol. The van der Waals surface area contributed by atoms with Crippen LogP contribution in [0.4, 0.5) is 30.6 Å². The lowest BCUT2D eigenvalue weighted by molar-refractivity contribution is -0.137. The maximum Gasteiger partial charge on any atom is 0.416 e. The summed E-state index contributed by atoms with van der Waals surface area (Å²) in [5.41, 5.74) is 4.71. The van der Waals surface area contributed by atoms with Crippen LogP contribution in [0, 0.1) is 11.3 Å². The van der Waals surface area contributed by atoms with Gasteiger partial charge >= 0.3 is 6.18 Å². The summed E-state index contributed by atoms with van der Waals surface area (Å²) < 4.78 is 44.1. The number of carbonyl (C=O) groups is 1. The molecule has 0 saturated heterocycles. The van der Waals surface area contributed by atoms with E-state index in [4.69, 9.17) is 10.5 Å². The standard InChI is InChI=1S/C19H22F3N7O2/c1-4-31-17-13(9-23)15(27-18(24)28-17)26-14(10-29(2)3)16(30)25-12-7-5-6-11(8-12)19(20,21)22/h5-8,14H,4,10H2,1-3H3,(H,25,30)(H3,24,26,27,28)/t14-/m0/s1. The van der Waals surface area contributed by atoms with Gasteiger partial charge in [-0.2, -0.15) is 28.4 Å². The second-order valence-corrected chi connectivity index (χ2v) is 6.68. The van der Waals surface area contributed by atoms with E-state index in [0.717, 1.165) is 12.1 Å². The van der Waals surface area contributed by atoms with Crippen LogP contribution in [0.5, 0.6) is 5.88 Å². The molecule has 1 heterocycles. The third-order valence-electron chi connectivity index (χ3n) is 3.92. The zero-order valence-corrected chi connectivity index (χ0v) is 17.1. The second-order valence-electron chi connectivity index (χ2n) is 6.68. The number of carbonyl (C=O) groups excluding carboxylic acids is 1. The molecule has 0 aliphatic rings. The molecule has 1 aromatic heterocycles. The fourth-order valence-electron chi connectivity index (χ4n) is 2.63. The number of amides is 1. The van der Waals surface area contributed by atoms with Crippen molar-refractivity contribution in [2.75, 3.05) is 43.6 Å². The highest BCUT2D eigenvalue weighted by molar-refractivity contribution is 5.97. The Morgan fingerprint density at radius 2 is 2.06 bits per heavy atom. The van der Waals surface area contributed by atoms with Crippen molar-refractivity contribution in [2.45, 2.75) is 19.1 Å². The molecule has 9 nitrogen and oxygen atoms in total. The molecular formula is C19H22F3N7O2. The molecule has 0 aliphatic carbocycles. The second kappa shape index (κ2) is 9.94. The summed E-state index contributed by atoms with van der Waals surface area (Å²) in [5, 5.41) is 14.8. The Kier molecular flexibility index (Phi) is 7.60. The van der Waals surface area contributed by atoms with E-state index in [1.165, 1.54) is 12.1 Å². The summed E-state index contributed by atoms with van der Waals surface area (Å²) in [6.45, 7) is 2.06. The van der Waals surface area contributed by atoms with E-state index in [2.05, 4.69) is 20.6 Å². The van der Waals surface area contributed by atoms with Crippen LogP contribution in [0.1, 0.15) is 18.1 Å². The summed E-state index contributed by atoms with van der Waals surface area (Å²) in [7, 11) is 3.41. The number of hydrogen-bond donors (Lipinski definition) is 3. The zero-order chi connectivity index (χ0) is 23.2. The molecule has 166 valence electrons. The molecule has 1 amide bonds. The molecule has 4 N–H and O–H groups in total. The van der Waals surface area contributed by atoms with Crippen molar-refractivity contribution < 1.29 is 22.7 Å². The lowest BCUT2D eigenvalue weighted by Crippen LogP contribution is -2.42. The van der Waals surface area contributed by atoms with Crippen LogP contribution in [0.15, 0.2) is 24.3 Å². The minimum atomic E-state index is -4.54. The maximum atomic E-state index is 12.9. The molecule has 2 rings (SSSR count). The Bertz CT molecular complexity index is 974. The Morgan fingerprint density at radius 3 is 2.65 bits per heavy atom. The first-order valence-corrected chi connectivity index (χ1v) is 9.15. The predicted octanol–water partition coefficient (Wildman–Crippen LogP) is 2.33. The number of benzene rings is 1. The third kappa shape index (κ3) is 6.45. The largest absolute Gasteiger partial charge is 0.477 e. The van der Waals surface area contributed by atoms with E-state index in [1.54, 1.807) is 25.9 Å². The van der Waals surface area contributed by atoms with Gasteiger partial charge in [0.15, 0.2) is 11.4 Å². The first-order chi connectivity index (χ1) is 14.5. The van der Waals surface area contributed by atoms with Crippen LogP contribution < -0.4 is 21.1 Å². The van der Waals surface area contributed by atoms with Gasteiger partial charge in [0.05, 0.1) is 12.2 Å². The minimum Gasteiger partial charge on any atom is -0.477 e. The summed E-state index contributed by atoms with van der Waals surface area (Å²) in [5.74, 6) is -0.870. The van der Waals surface area contributed by atoms with Crippen molar-refractivity contribution in [3.8, 4) is 11.9 Å². The smallest absolute Gasteiger partial charge is 0.416 e. The van der Waals surface area contributed by atoms with Gasteiger partial charge < -0.3 is 26.0 Å². The molecule has 0 radical (unpaired) electrons. The van der Waals surface area contributed by atoms with Crippen molar-refractivity contribution in [2.24, 2.45) is 0 Å². The minimum absolute atomic E-state index is 0.0236. The maximum absolute atomic E-state index is 12.9. The summed E-state index contributed by atoms with van der Waals surface area (Å²) >= 11 is 0. The van der Waals surface area contributed by atoms with Gasteiger partial charge in [0, 0.05) is 12.2 Å². The number of nitrogens with zero attached hydrogens (tertiary/aromatic N) is 4. The average Bonchev–Trinajstić information content (AvgIpc) is 2.67. The highest BCUT2D eigenvalue weighted by Gasteiger charge is 2.31. The van der Waals surface area contributed by atoms with Crippen LogP contribution >= 0.6 is 0 Å². The van der Waals surface area contributed by atoms with Crippen molar-refractivity contribution >= 4 is 23.4 Å². The van der Waals surface area contributed by atoms with E-state index >= 15 is 0 Å². The topological polar surface area (TPSA) is 129 Å². The fourth-order valence-corrected chi connectivity index (χ4v) is 2.63. The predicted molar refractivity (Wildman–Crippen MR) is 108 cm³/mol. The molecular weight excluding hydrogens is 415 g/mol. The highest BCUT2D eigenvalue weighted by atomic mass is 19.4. The van der Waals surface area contributed by atoms with Gasteiger partial charge in [0.1, 0.15) is 12.1 Å². The number of nitrogen functional groups attached to an aromatic ring is 1. The quantitative estimate of drug-likeness (QED) is 0.574. The normalized spacial score (nSPS) is 12.2. The summed E-state index contributed by atoms with van der Waals surface area (Å²) in [4.78, 5) is 22.4. The van der Waals surface area contributed by atoms with Crippen molar-refractivity contribution in [3.05, 3.63) is 35.4 Å². The van der Waals surface area contributed by atoms with Gasteiger partial charge in [-0.15, -0.1) is 0 Å². The molecule has 0 unspecified atom stereocenters. The molecule has 0 fully saturated rings. The number of ether oxygens (including phenoxy) is 1. The number of nitrogens with one attached hydrogen (secondary N) is 2. The number of hydrogen-bond acceptors (Lipinski definition) is 8. The molecule has 0 spiro atoms. The van der Waals surface area contributed by atoms with Gasteiger partial charge in [-0.3, -0.25) is 4.79 Å². The molecule has 0 saturated carbocycles. The average molecular weight is 437 g/mol. The SMILES string of the molecule is CCOc1nc(N)nc(N[C@@H](CN(C)C)C(=O)Nc2cccc(C(F)(F)F)c2)c1C#N. The molecule has 2 aromatic rings. The molecule has 1 aromatic carbocycles. The summed E-state index contributed by atoms with van der Waals surface area (Å²) in [6, 6.07) is 5.20. The number of nitriles is 1. The van der Waals surface area contributed by atoms with Crippen molar-refractivity contribution in [3.63, 3.8) is 0 Å². The number of likely N-dealkylation sites (N-methyl/N-ethyl adjacent to an activating group) is 1. The number of halogens is 3. The first kappa shape index (κ1) is 23.7. The molecule has 12 heteroatoms. The van der Waals surface area contributed by atoms with Crippen LogP contribution in [0.2, 0.25) is 0 Å². The Labute approximate surface area is 177 Å². The first-order valence-electron chi connectivity index (χ1n) is 9.15. The lowest BCUT2D eigenvalue weighted by atomic mass is 10.1. The summed E-state index contributed by atoms with van der Waals surface area (Å²) in [6.07, 6.45) is -4.54. The lowest BCUT2D eigenvalue weighted by Gasteiger charge is -2.23. The number of anilines is 3. The number of nitrogens with two attached hydrogens (primary N) is 1. The molecule has 0 bridgehead atoms. The van der Waals surface area contributed by atoms with Gasteiger partial charge in [-0.05, 0) is 39.2 Å². The number of rotatable bonds is 8. The number of alkyl halides is 3. The van der Waals surface area contributed by atoms with Gasteiger partial charge in [0.25, 0.3) is 0 Å². The van der Waals surface area contributed by atoms with Gasteiger partial charge in [-0.1, -0.05) is 6.07 Å². The van der Waals surface area contributed by atoms with Crippen LogP contribution in [-0.2, 0) is 11.0 Å². The van der Waals surface area contributed by atoms with E-state index in [-0.39, 0.29) is 42.0 Å². The van der Waals surface area contributed by atoms with Crippen molar-refractivity contribution in [1.29, 1.82) is 5.26 Å². The molecule has 0 aliphatic heterocycles. The molecule has 31 heavy (non-hydrogen) atoms. The Morgan fingerprint density at radius 1 is 1.35 bits per heavy atom. The highest BCUT2D eigenvalue weighted by Crippen LogP contribution is 2.31. The van der Waals surface area contributed by atoms with Crippen LogP contribution in [0.25, 0.3) is 0 Å². The Balaban J connectivity index is 2.33. The zero-order valence-electron chi connectivity index (χ0n) is 17.1. The van der Waals surface area contributed by atoms with E-state index in [0.29, 0.717) is 0 Å². The van der Waals surface area contributed by atoms with Crippen LogP contribution in [-0.4, -0.2) is 54.1 Å². The van der Waals surface area contributed by atoms with Gasteiger partial charge in [-0.25, -0.2) is 0 Å². The number of aromatic nitrogens is 2. The third-order valence-corrected chi connectivity index (χ3v) is 3.92. The van der Waals surface area contributed by atoms with E-state index in [1.807, 2.05) is 6.07 Å². The van der Waals surface area contributed by atoms with Crippen molar-refractivity contribution in [1.82, 2.24) is 14.9 Å². The van der Waals surface area contributed by atoms with Gasteiger partial charge in [0.2, 0.25) is 17.7 Å².